The van der Waals surface area contributed by atoms with Crippen molar-refractivity contribution in [2.24, 2.45) is 0 Å². The lowest BCUT2D eigenvalue weighted by Crippen LogP contribution is -2.52. The van der Waals surface area contributed by atoms with Crippen LogP contribution < -0.4 is 5.32 Å². The largest absolute Gasteiger partial charge is 0.385 e. The normalized spacial score (nSPS) is 22.0. The predicted octanol–water partition coefficient (Wildman–Crippen LogP) is 0.273. The molecule has 1 unspecified atom stereocenters. The van der Waals surface area contributed by atoms with Crippen LogP contribution in [0.2, 0.25) is 0 Å². The number of nitrogens with zero attached hydrogens (tertiary/aromatic N) is 2. The molecule has 6 nitrogen and oxygen atoms in total. The van der Waals surface area contributed by atoms with E-state index in [2.05, 4.69) is 5.32 Å². The molecule has 0 aromatic carbocycles. The monoisotopic (exact) mass is 293 g/mol. The van der Waals surface area contributed by atoms with Gasteiger partial charge in [-0.15, -0.1) is 0 Å². The second-order valence-corrected chi connectivity index (χ2v) is 6.98. The molecule has 0 radical (unpaired) electrons. The third-order valence-corrected chi connectivity index (χ3v) is 5.57. The van der Waals surface area contributed by atoms with Gasteiger partial charge in [0.25, 0.3) is 10.2 Å². The van der Waals surface area contributed by atoms with E-state index in [-0.39, 0.29) is 6.04 Å². The third kappa shape index (κ3) is 4.68. The highest BCUT2D eigenvalue weighted by Gasteiger charge is 2.34. The van der Waals surface area contributed by atoms with Crippen LogP contribution in [0.25, 0.3) is 0 Å². The Morgan fingerprint density at radius 2 is 2.16 bits per heavy atom. The number of piperidine rings is 1. The van der Waals surface area contributed by atoms with Crippen LogP contribution in [0, 0.1) is 0 Å². The summed E-state index contributed by atoms with van der Waals surface area (Å²) in [6.45, 7) is 2.42. The molecule has 0 amide bonds. The van der Waals surface area contributed by atoms with Gasteiger partial charge in [-0.05, 0) is 26.3 Å². The molecule has 1 rings (SSSR count). The maximum absolute atomic E-state index is 12.5. The highest BCUT2D eigenvalue weighted by atomic mass is 32.2. The molecule has 19 heavy (non-hydrogen) atoms. The summed E-state index contributed by atoms with van der Waals surface area (Å²) in [6, 6.07) is 0.0774. The minimum absolute atomic E-state index is 0.0774. The number of hydrogen-bond acceptors (Lipinski definition) is 4. The molecule has 1 N–H and O–H groups in total. The lowest BCUT2D eigenvalue weighted by atomic mass is 10.1. The molecular weight excluding hydrogens is 266 g/mol. The van der Waals surface area contributed by atoms with Gasteiger partial charge in [0.1, 0.15) is 0 Å². The van der Waals surface area contributed by atoms with Crippen LogP contribution in [0.4, 0.5) is 0 Å². The maximum atomic E-state index is 12.5. The molecule has 1 atom stereocenters. The Morgan fingerprint density at radius 3 is 2.79 bits per heavy atom. The third-order valence-electron chi connectivity index (χ3n) is 3.52. The summed E-state index contributed by atoms with van der Waals surface area (Å²) in [5.41, 5.74) is 0. The summed E-state index contributed by atoms with van der Waals surface area (Å²) in [4.78, 5) is 0. The number of hydrogen-bond donors (Lipinski definition) is 1. The fourth-order valence-electron chi connectivity index (χ4n) is 2.44. The van der Waals surface area contributed by atoms with Gasteiger partial charge >= 0.3 is 0 Å². The Kier molecular flexibility index (Phi) is 7.23. The van der Waals surface area contributed by atoms with Crippen molar-refractivity contribution < 1.29 is 13.2 Å². The fraction of sp³-hybridized carbons (Fsp3) is 1.00. The smallest absolute Gasteiger partial charge is 0.282 e. The SMILES string of the molecule is CNCC1CCCCN1S(=O)(=O)N(C)CCCOC. The Morgan fingerprint density at radius 1 is 1.42 bits per heavy atom. The van der Waals surface area contributed by atoms with Gasteiger partial charge in [0.2, 0.25) is 0 Å². The van der Waals surface area contributed by atoms with E-state index in [1.807, 2.05) is 7.05 Å². The standard InChI is InChI=1S/C12H27N3O3S/c1-13-11-12-7-4-5-9-15(12)19(16,17)14(2)8-6-10-18-3/h12-13H,4-11H2,1-3H3. The molecule has 0 spiro atoms. The molecule has 0 aromatic heterocycles. The highest BCUT2D eigenvalue weighted by Crippen LogP contribution is 2.21. The number of rotatable bonds is 8. The minimum Gasteiger partial charge on any atom is -0.385 e. The number of ether oxygens (including phenoxy) is 1. The Bertz CT molecular complexity index is 346. The van der Waals surface area contributed by atoms with Crippen LogP contribution in [0.15, 0.2) is 0 Å². The van der Waals surface area contributed by atoms with Crippen molar-refractivity contribution >= 4 is 10.2 Å². The van der Waals surface area contributed by atoms with Crippen molar-refractivity contribution in [3.05, 3.63) is 0 Å². The van der Waals surface area contributed by atoms with E-state index in [1.165, 1.54) is 4.31 Å². The zero-order chi connectivity index (χ0) is 14.3. The quantitative estimate of drug-likeness (QED) is 0.653. The first-order valence-corrected chi connectivity index (χ1v) is 8.30. The molecule has 114 valence electrons. The van der Waals surface area contributed by atoms with E-state index in [0.29, 0.717) is 26.2 Å². The average Bonchev–Trinajstić information content (AvgIpc) is 2.39. The summed E-state index contributed by atoms with van der Waals surface area (Å²) >= 11 is 0. The Labute approximate surface area is 117 Å². The molecule has 1 fully saturated rings. The number of methoxy groups -OCH3 is 1. The molecular formula is C12H27N3O3S. The van der Waals surface area contributed by atoms with Crippen molar-refractivity contribution in [1.29, 1.82) is 0 Å². The average molecular weight is 293 g/mol. The summed E-state index contributed by atoms with van der Waals surface area (Å²) in [5, 5.41) is 3.09. The number of nitrogens with one attached hydrogen (secondary N) is 1. The van der Waals surface area contributed by atoms with Crippen LogP contribution in [-0.4, -0.2) is 70.5 Å². The molecule has 0 bridgehead atoms. The first-order valence-electron chi connectivity index (χ1n) is 6.90. The van der Waals surface area contributed by atoms with Crippen molar-refractivity contribution in [2.45, 2.75) is 31.7 Å². The molecule has 1 saturated heterocycles. The van der Waals surface area contributed by atoms with E-state index < -0.39 is 10.2 Å². The summed E-state index contributed by atoms with van der Waals surface area (Å²) in [6.07, 6.45) is 3.71. The maximum Gasteiger partial charge on any atom is 0.282 e. The van der Waals surface area contributed by atoms with Gasteiger partial charge in [0.15, 0.2) is 0 Å². The van der Waals surface area contributed by atoms with Crippen LogP contribution in [0.1, 0.15) is 25.7 Å². The van der Waals surface area contributed by atoms with Crippen molar-refractivity contribution in [2.75, 3.05) is 47.4 Å². The summed E-state index contributed by atoms with van der Waals surface area (Å²) in [7, 11) is 1.80. The Balaban J connectivity index is 2.67. The predicted molar refractivity (Wildman–Crippen MR) is 76.3 cm³/mol. The van der Waals surface area contributed by atoms with Gasteiger partial charge < -0.3 is 10.1 Å². The molecule has 0 aliphatic carbocycles. The number of likely N-dealkylation sites (N-methyl/N-ethyl adjacent to an activating group) is 1. The van der Waals surface area contributed by atoms with Gasteiger partial charge in [-0.25, -0.2) is 0 Å². The second-order valence-electron chi connectivity index (χ2n) is 4.99. The van der Waals surface area contributed by atoms with Crippen molar-refractivity contribution in [3.63, 3.8) is 0 Å². The molecule has 0 saturated carbocycles. The minimum atomic E-state index is -3.34. The highest BCUT2D eigenvalue weighted by molar-refractivity contribution is 7.86. The van der Waals surface area contributed by atoms with E-state index in [0.717, 1.165) is 25.7 Å². The molecule has 7 heteroatoms. The molecule has 1 aliphatic heterocycles. The van der Waals surface area contributed by atoms with Gasteiger partial charge in [-0.1, -0.05) is 6.42 Å². The zero-order valence-electron chi connectivity index (χ0n) is 12.3. The van der Waals surface area contributed by atoms with Crippen LogP contribution in [0.3, 0.4) is 0 Å². The van der Waals surface area contributed by atoms with Crippen LogP contribution in [-0.2, 0) is 14.9 Å². The molecule has 0 aromatic rings. The van der Waals surface area contributed by atoms with Crippen LogP contribution >= 0.6 is 0 Å². The molecule has 1 heterocycles. The van der Waals surface area contributed by atoms with E-state index in [9.17, 15) is 8.42 Å². The van der Waals surface area contributed by atoms with E-state index in [4.69, 9.17) is 4.74 Å². The Hall–Kier alpha value is -0.210. The summed E-state index contributed by atoms with van der Waals surface area (Å²) in [5.74, 6) is 0. The fourth-order valence-corrected chi connectivity index (χ4v) is 4.08. The van der Waals surface area contributed by atoms with Gasteiger partial charge in [0, 0.05) is 46.4 Å². The van der Waals surface area contributed by atoms with Crippen molar-refractivity contribution in [3.8, 4) is 0 Å². The lowest BCUT2D eigenvalue weighted by molar-refractivity contribution is 0.186. The lowest BCUT2D eigenvalue weighted by Gasteiger charge is -2.37. The topological polar surface area (TPSA) is 61.9 Å². The van der Waals surface area contributed by atoms with E-state index in [1.54, 1.807) is 18.5 Å². The first-order chi connectivity index (χ1) is 9.04. The van der Waals surface area contributed by atoms with Gasteiger partial charge in [-0.3, -0.25) is 0 Å². The first kappa shape index (κ1) is 16.8. The molecule has 1 aliphatic rings. The van der Waals surface area contributed by atoms with Crippen molar-refractivity contribution in [1.82, 2.24) is 13.9 Å². The second kappa shape index (κ2) is 8.16. The van der Waals surface area contributed by atoms with Gasteiger partial charge in [-0.2, -0.15) is 17.0 Å². The van der Waals surface area contributed by atoms with E-state index >= 15 is 0 Å². The van der Waals surface area contributed by atoms with Gasteiger partial charge in [0.05, 0.1) is 0 Å². The summed E-state index contributed by atoms with van der Waals surface area (Å²) < 4.78 is 33.2. The zero-order valence-corrected chi connectivity index (χ0v) is 13.1. The van der Waals surface area contributed by atoms with Crippen LogP contribution in [0.5, 0.6) is 0 Å².